The molecule has 10 heteroatoms. The average Bonchev–Trinajstić information content (AvgIpc) is 2.96. The molecule has 1 fully saturated rings. The van der Waals surface area contributed by atoms with E-state index in [0.29, 0.717) is 17.5 Å². The Labute approximate surface area is 169 Å². The summed E-state index contributed by atoms with van der Waals surface area (Å²) in [6.45, 7) is 7.64. The quantitative estimate of drug-likeness (QED) is 0.753. The van der Waals surface area contributed by atoms with E-state index in [1.54, 1.807) is 18.5 Å². The third kappa shape index (κ3) is 3.91. The van der Waals surface area contributed by atoms with Crippen LogP contribution in [0.2, 0.25) is 0 Å². The third-order valence-electron chi connectivity index (χ3n) is 5.03. The van der Waals surface area contributed by atoms with Gasteiger partial charge in [0.15, 0.2) is 0 Å². The fraction of sp³-hybridized carbons (Fsp3) is 0.474. The highest BCUT2D eigenvalue weighted by atomic mass is 32.2. The molecule has 1 saturated heterocycles. The van der Waals surface area contributed by atoms with Crippen LogP contribution in [0.3, 0.4) is 0 Å². The number of sulfonamides is 1. The van der Waals surface area contributed by atoms with Gasteiger partial charge in [-0.1, -0.05) is 0 Å². The number of benzene rings is 1. The van der Waals surface area contributed by atoms with Gasteiger partial charge in [0.2, 0.25) is 10.0 Å². The summed E-state index contributed by atoms with van der Waals surface area (Å²) < 4.78 is 56.3. The van der Waals surface area contributed by atoms with Crippen LogP contribution in [-0.4, -0.2) is 59.5 Å². The van der Waals surface area contributed by atoms with Gasteiger partial charge in [-0.2, -0.15) is 9.40 Å². The fourth-order valence-electron chi connectivity index (χ4n) is 3.62. The van der Waals surface area contributed by atoms with Gasteiger partial charge in [0.25, 0.3) is 5.91 Å². The van der Waals surface area contributed by atoms with Crippen molar-refractivity contribution in [3.63, 3.8) is 0 Å². The van der Waals surface area contributed by atoms with Gasteiger partial charge in [0.05, 0.1) is 17.0 Å². The summed E-state index contributed by atoms with van der Waals surface area (Å²) in [5, 5.41) is 4.34. The van der Waals surface area contributed by atoms with E-state index in [-0.39, 0.29) is 42.7 Å². The maximum atomic E-state index is 13.9. The molecule has 0 atom stereocenters. The summed E-state index contributed by atoms with van der Waals surface area (Å²) in [7, 11) is -3.78. The van der Waals surface area contributed by atoms with E-state index in [2.05, 4.69) is 5.10 Å². The van der Waals surface area contributed by atoms with Crippen LogP contribution in [0, 0.1) is 25.5 Å². The smallest absolute Gasteiger partial charge is 0.256 e. The van der Waals surface area contributed by atoms with Crippen molar-refractivity contribution in [2.75, 3.05) is 26.2 Å². The Morgan fingerprint density at radius 1 is 1.10 bits per heavy atom. The number of aryl methyl sites for hydroxylation is 1. The maximum Gasteiger partial charge on any atom is 0.256 e. The molecule has 0 spiro atoms. The lowest BCUT2D eigenvalue weighted by molar-refractivity contribution is 0.0693. The van der Waals surface area contributed by atoms with Gasteiger partial charge in [-0.3, -0.25) is 9.48 Å². The second kappa shape index (κ2) is 7.83. The van der Waals surface area contributed by atoms with Crippen LogP contribution in [0.5, 0.6) is 0 Å². The van der Waals surface area contributed by atoms with Crippen molar-refractivity contribution in [2.45, 2.75) is 38.6 Å². The lowest BCUT2D eigenvalue weighted by atomic mass is 10.1. The molecule has 29 heavy (non-hydrogen) atoms. The van der Waals surface area contributed by atoms with Crippen LogP contribution in [0.25, 0.3) is 0 Å². The average molecular weight is 426 g/mol. The number of halogens is 2. The van der Waals surface area contributed by atoms with Crippen LogP contribution in [0.4, 0.5) is 8.78 Å². The van der Waals surface area contributed by atoms with Gasteiger partial charge in [-0.05, 0) is 39.8 Å². The van der Waals surface area contributed by atoms with Crippen molar-refractivity contribution in [3.8, 4) is 0 Å². The molecule has 7 nitrogen and oxygen atoms in total. The molecule has 1 aromatic heterocycles. The molecule has 1 aromatic carbocycles. The van der Waals surface area contributed by atoms with Crippen LogP contribution < -0.4 is 0 Å². The number of piperazine rings is 1. The highest BCUT2D eigenvalue weighted by Gasteiger charge is 2.35. The zero-order chi connectivity index (χ0) is 21.5. The Morgan fingerprint density at radius 2 is 1.72 bits per heavy atom. The minimum absolute atomic E-state index is 0.0257. The van der Waals surface area contributed by atoms with Gasteiger partial charge in [0, 0.05) is 38.3 Å². The van der Waals surface area contributed by atoms with Gasteiger partial charge in [0.1, 0.15) is 16.5 Å². The van der Waals surface area contributed by atoms with Gasteiger partial charge >= 0.3 is 0 Å². The topological polar surface area (TPSA) is 75.5 Å². The Kier molecular flexibility index (Phi) is 5.77. The number of amides is 1. The van der Waals surface area contributed by atoms with Crippen LogP contribution in [0.15, 0.2) is 23.1 Å². The molecule has 1 aliphatic rings. The van der Waals surface area contributed by atoms with E-state index in [4.69, 9.17) is 0 Å². The molecule has 3 rings (SSSR count). The maximum absolute atomic E-state index is 13.9. The molecule has 1 aliphatic heterocycles. The van der Waals surface area contributed by atoms with Gasteiger partial charge in [-0.25, -0.2) is 17.2 Å². The van der Waals surface area contributed by atoms with Crippen LogP contribution >= 0.6 is 0 Å². The van der Waals surface area contributed by atoms with E-state index in [1.165, 1.54) is 9.21 Å². The second-order valence-electron chi connectivity index (χ2n) is 7.36. The number of hydrogen-bond donors (Lipinski definition) is 0. The predicted octanol–water partition coefficient (Wildman–Crippen LogP) is 2.51. The number of aromatic nitrogens is 2. The summed E-state index contributed by atoms with van der Waals surface area (Å²) in [5.74, 6) is -2.28. The predicted molar refractivity (Wildman–Crippen MR) is 103 cm³/mol. The molecular formula is C19H24F2N4O3S. The van der Waals surface area contributed by atoms with Crippen molar-refractivity contribution in [1.82, 2.24) is 19.0 Å². The van der Waals surface area contributed by atoms with E-state index >= 15 is 0 Å². The minimum atomic E-state index is -3.78. The molecule has 0 unspecified atom stereocenters. The molecule has 0 saturated carbocycles. The summed E-state index contributed by atoms with van der Waals surface area (Å²) in [6.07, 6.45) is 0. The van der Waals surface area contributed by atoms with Gasteiger partial charge in [-0.15, -0.1) is 0 Å². The number of hydrogen-bond acceptors (Lipinski definition) is 4. The first kappa shape index (κ1) is 21.4. The highest BCUT2D eigenvalue weighted by molar-refractivity contribution is 7.89. The first-order valence-electron chi connectivity index (χ1n) is 9.34. The first-order valence-corrected chi connectivity index (χ1v) is 10.8. The zero-order valence-corrected chi connectivity index (χ0v) is 17.6. The monoisotopic (exact) mass is 426 g/mol. The highest BCUT2D eigenvalue weighted by Crippen LogP contribution is 2.26. The Hall–Kier alpha value is -2.33. The number of carbonyl (C=O) groups is 1. The number of carbonyl (C=O) groups excluding carboxylic acids is 1. The van der Waals surface area contributed by atoms with Crippen molar-refractivity contribution >= 4 is 15.9 Å². The molecule has 1 amide bonds. The normalized spacial score (nSPS) is 15.9. The summed E-state index contributed by atoms with van der Waals surface area (Å²) >= 11 is 0. The SMILES string of the molecule is Cc1nn(C(C)C)c(C)c1S(=O)(=O)N1CCN(C(=O)c2ccc(F)cc2F)CC1. The van der Waals surface area contributed by atoms with E-state index < -0.39 is 27.6 Å². The summed E-state index contributed by atoms with van der Waals surface area (Å²) in [5.41, 5.74) is 0.778. The Bertz CT molecular complexity index is 1040. The lowest BCUT2D eigenvalue weighted by Gasteiger charge is -2.34. The van der Waals surface area contributed by atoms with Crippen molar-refractivity contribution < 1.29 is 22.0 Å². The molecule has 0 bridgehead atoms. The zero-order valence-electron chi connectivity index (χ0n) is 16.8. The first-order chi connectivity index (χ1) is 13.5. The van der Waals surface area contributed by atoms with Crippen molar-refractivity contribution in [1.29, 1.82) is 0 Å². The lowest BCUT2D eigenvalue weighted by Crippen LogP contribution is -2.50. The van der Waals surface area contributed by atoms with E-state index in [1.807, 2.05) is 13.8 Å². The fourth-order valence-corrected chi connectivity index (χ4v) is 5.40. The molecule has 2 aromatic rings. The Balaban J connectivity index is 1.77. The largest absolute Gasteiger partial charge is 0.336 e. The van der Waals surface area contributed by atoms with Crippen molar-refractivity contribution in [2.24, 2.45) is 0 Å². The molecule has 0 radical (unpaired) electrons. The molecule has 0 N–H and O–H groups in total. The number of nitrogens with zero attached hydrogens (tertiary/aromatic N) is 4. The third-order valence-corrected chi connectivity index (χ3v) is 7.18. The molecular weight excluding hydrogens is 402 g/mol. The standard InChI is InChI=1S/C19H24F2N4O3S/c1-12(2)25-14(4)18(13(3)22-25)29(27,28)24-9-7-23(8-10-24)19(26)16-6-5-15(20)11-17(16)21/h5-6,11-12H,7-10H2,1-4H3. The summed E-state index contributed by atoms with van der Waals surface area (Å²) in [6, 6.07) is 2.81. The Morgan fingerprint density at radius 3 is 2.24 bits per heavy atom. The molecule has 158 valence electrons. The van der Waals surface area contributed by atoms with Crippen molar-refractivity contribution in [3.05, 3.63) is 46.8 Å². The molecule has 2 heterocycles. The summed E-state index contributed by atoms with van der Waals surface area (Å²) in [4.78, 5) is 14.1. The van der Waals surface area contributed by atoms with E-state index in [9.17, 15) is 22.0 Å². The second-order valence-corrected chi connectivity index (χ2v) is 9.23. The van der Waals surface area contributed by atoms with E-state index in [0.717, 1.165) is 12.1 Å². The van der Waals surface area contributed by atoms with Crippen LogP contribution in [0.1, 0.15) is 41.6 Å². The van der Waals surface area contributed by atoms with Crippen LogP contribution in [-0.2, 0) is 10.0 Å². The molecule has 0 aliphatic carbocycles. The number of rotatable bonds is 4. The minimum Gasteiger partial charge on any atom is -0.336 e. The van der Waals surface area contributed by atoms with Gasteiger partial charge < -0.3 is 4.90 Å².